The van der Waals surface area contributed by atoms with Crippen molar-refractivity contribution in [2.45, 2.75) is 12.4 Å². The van der Waals surface area contributed by atoms with Gasteiger partial charge in [-0.15, -0.1) is 0 Å². The first-order valence-electron chi connectivity index (χ1n) is 24.7. The number of alkyl halides is 6. The minimum absolute atomic E-state index is 0.0412. The smallest absolute Gasteiger partial charge is 0.308 e. The molecule has 0 aliphatic rings. The van der Waals surface area contributed by atoms with Crippen LogP contribution in [-0.2, 0) is 12.4 Å². The normalized spacial score (nSPS) is 11.6. The van der Waals surface area contributed by atoms with Gasteiger partial charge in [-0.2, -0.15) is 52.7 Å². The van der Waals surface area contributed by atoms with Gasteiger partial charge in [0, 0.05) is 27.1 Å². The first-order chi connectivity index (χ1) is 38.7. The minimum Gasteiger partial charge on any atom is -0.308 e. The topological polar surface area (TPSA) is 129 Å². The van der Waals surface area contributed by atoms with E-state index in [1.807, 2.05) is 72.8 Å². The highest BCUT2D eigenvalue weighted by Crippen LogP contribution is 2.48. The third-order valence-electron chi connectivity index (χ3n) is 14.6. The second-order valence-electron chi connectivity index (χ2n) is 19.1. The van der Waals surface area contributed by atoms with Crippen LogP contribution in [0, 0.1) is 56.7 Å². The molecule has 0 N–H and O–H groups in total. The van der Waals surface area contributed by atoms with Gasteiger partial charge in [-0.05, 0) is 147 Å². The molecule has 0 fully saturated rings. The van der Waals surface area contributed by atoms with E-state index in [9.17, 15) is 26.3 Å². The van der Waals surface area contributed by atoms with Gasteiger partial charge in [0.05, 0.1) is 91.1 Å². The minimum atomic E-state index is -5.29. The number of nitrogens with zero attached hydrogens (tertiary/aromatic N) is 7. The molecule has 0 atom stereocenters. The van der Waals surface area contributed by atoms with Crippen LogP contribution in [0.25, 0.3) is 111 Å². The number of rotatable bonds is 7. The number of halogens is 6. The van der Waals surface area contributed by atoms with Gasteiger partial charge in [0.2, 0.25) is 0 Å². The molecule has 0 amide bonds. The summed E-state index contributed by atoms with van der Waals surface area (Å²) in [5, 5.41) is 53.0. The van der Waals surface area contributed by atoms with Crippen molar-refractivity contribution < 1.29 is 26.3 Å². The monoisotopic (exact) mass is 1050 g/mol. The average Bonchev–Trinajstić information content (AvgIpc) is 4.05. The highest BCUT2D eigenvalue weighted by atomic mass is 19.4. The summed E-state index contributed by atoms with van der Waals surface area (Å²) in [6, 6.07) is 65.0. The van der Waals surface area contributed by atoms with Crippen LogP contribution in [0.5, 0.6) is 0 Å². The quantitative estimate of drug-likeness (QED) is 0.147. The standard InChI is InChI=1S/C67H33F6N7/c68-66(69,70)57-2-1-3-58(67(71,72)73)65(57)51-32-63(79-59-28-47(43-12-4-39(34-74)5-13-43)20-24-52(59)53-25-21-48(29-60(53)79)44-14-6-40(35-75)7-15-44)56(38-78)64(33-51)80-61-30-49(45-16-8-41(36-76)9-17-45)22-26-54(61)55-27-23-50(31-62(55)80)46-18-10-42(37-77)11-19-46/h1-33H. The summed E-state index contributed by atoms with van der Waals surface area (Å²) in [4.78, 5) is 0. The summed E-state index contributed by atoms with van der Waals surface area (Å²) in [6.07, 6.45) is -10.6. The number of nitriles is 5. The second-order valence-corrected chi connectivity index (χ2v) is 19.1. The number of aromatic nitrogens is 2. The molecule has 2 heterocycles. The first kappa shape index (κ1) is 49.7. The van der Waals surface area contributed by atoms with Gasteiger partial charge in [-0.25, -0.2) is 0 Å². The molecule has 10 aromatic carbocycles. The Kier molecular flexibility index (Phi) is 11.9. The van der Waals surface area contributed by atoms with Gasteiger partial charge in [0.25, 0.3) is 0 Å². The molecular weight excluding hydrogens is 1020 g/mol. The molecule has 80 heavy (non-hydrogen) atoms. The largest absolute Gasteiger partial charge is 0.417 e. The fourth-order valence-corrected chi connectivity index (χ4v) is 10.8. The second kappa shape index (κ2) is 19.1. The molecule has 13 heteroatoms. The number of fused-ring (bicyclic) bond motifs is 6. The maximum Gasteiger partial charge on any atom is 0.417 e. The molecule has 0 spiro atoms. The molecule has 0 saturated heterocycles. The Morgan fingerprint density at radius 3 is 0.787 bits per heavy atom. The van der Waals surface area contributed by atoms with E-state index < -0.39 is 34.6 Å². The lowest BCUT2D eigenvalue weighted by atomic mass is 9.91. The lowest BCUT2D eigenvalue weighted by Gasteiger charge is -2.22. The SMILES string of the molecule is N#Cc1ccc(-c2ccc3c4ccc(-c5ccc(C#N)cc5)cc4n(-c4cc(-c5c(C(F)(F)F)cccc5C(F)(F)F)cc(-n5c6cc(-c7ccc(C#N)cc7)ccc6c6ccc(-c7ccc(C#N)cc7)cc65)c4C#N)c3c2)cc1. The fourth-order valence-electron chi connectivity index (χ4n) is 10.8. The molecule has 0 saturated carbocycles. The van der Waals surface area contributed by atoms with Crippen LogP contribution in [0.3, 0.4) is 0 Å². The van der Waals surface area contributed by atoms with Crippen molar-refractivity contribution in [1.82, 2.24) is 9.13 Å². The van der Waals surface area contributed by atoms with Crippen molar-refractivity contribution in [3.63, 3.8) is 0 Å². The Hall–Kier alpha value is -11.2. The van der Waals surface area contributed by atoms with Crippen LogP contribution in [0.1, 0.15) is 38.9 Å². The van der Waals surface area contributed by atoms with Gasteiger partial charge in [0.1, 0.15) is 11.6 Å². The average molecular weight is 1050 g/mol. The zero-order valence-corrected chi connectivity index (χ0v) is 41.5. The van der Waals surface area contributed by atoms with E-state index in [1.54, 1.807) is 106 Å². The maximum atomic E-state index is 15.5. The number of hydrogen-bond donors (Lipinski definition) is 0. The predicted molar refractivity (Wildman–Crippen MR) is 296 cm³/mol. The van der Waals surface area contributed by atoms with Crippen molar-refractivity contribution in [2.24, 2.45) is 0 Å². The van der Waals surface area contributed by atoms with E-state index in [1.165, 1.54) is 12.1 Å². The first-order valence-corrected chi connectivity index (χ1v) is 24.7. The Bertz CT molecular complexity index is 4240. The zero-order valence-electron chi connectivity index (χ0n) is 41.5. The highest BCUT2D eigenvalue weighted by Gasteiger charge is 2.41. The highest BCUT2D eigenvalue weighted by molar-refractivity contribution is 6.13. The molecule has 0 bridgehead atoms. The third-order valence-corrected chi connectivity index (χ3v) is 14.6. The van der Waals surface area contributed by atoms with Crippen LogP contribution in [0.2, 0.25) is 0 Å². The van der Waals surface area contributed by atoms with Gasteiger partial charge in [-0.1, -0.05) is 103 Å². The van der Waals surface area contributed by atoms with Crippen molar-refractivity contribution in [3.8, 4) is 97.4 Å². The lowest BCUT2D eigenvalue weighted by molar-refractivity contribution is -0.142. The molecule has 378 valence electrons. The Labute approximate surface area is 452 Å². The van der Waals surface area contributed by atoms with Crippen LogP contribution >= 0.6 is 0 Å². The predicted octanol–water partition coefficient (Wildman–Crippen LogP) is 17.6. The summed E-state index contributed by atoms with van der Waals surface area (Å²) in [5.74, 6) is 0. The van der Waals surface area contributed by atoms with E-state index in [0.29, 0.717) is 123 Å². The molecule has 7 nitrogen and oxygen atoms in total. The summed E-state index contributed by atoms with van der Waals surface area (Å²) >= 11 is 0. The fraction of sp³-hybridized carbons (Fsp3) is 0.0299. The summed E-state index contributed by atoms with van der Waals surface area (Å²) < 4.78 is 96.7. The van der Waals surface area contributed by atoms with Crippen molar-refractivity contribution in [1.29, 1.82) is 26.3 Å². The summed E-state index contributed by atoms with van der Waals surface area (Å²) in [6.45, 7) is 0. The van der Waals surface area contributed by atoms with Crippen molar-refractivity contribution in [2.75, 3.05) is 0 Å². The van der Waals surface area contributed by atoms with Crippen LogP contribution in [-0.4, -0.2) is 9.13 Å². The van der Waals surface area contributed by atoms with Gasteiger partial charge >= 0.3 is 12.4 Å². The van der Waals surface area contributed by atoms with Crippen LogP contribution < -0.4 is 0 Å². The van der Waals surface area contributed by atoms with Crippen LogP contribution in [0.4, 0.5) is 26.3 Å². The molecule has 0 aliphatic heterocycles. The van der Waals surface area contributed by atoms with Crippen molar-refractivity contribution >= 4 is 43.6 Å². The van der Waals surface area contributed by atoms with E-state index in [2.05, 4.69) is 30.3 Å². The zero-order chi connectivity index (χ0) is 55.6. The third kappa shape index (κ3) is 8.48. The molecule has 0 unspecified atom stereocenters. The molecule has 12 rings (SSSR count). The van der Waals surface area contributed by atoms with Gasteiger partial charge < -0.3 is 9.13 Å². The van der Waals surface area contributed by atoms with E-state index in [0.717, 1.165) is 6.07 Å². The van der Waals surface area contributed by atoms with Crippen molar-refractivity contribution in [3.05, 3.63) is 239 Å². The number of hydrogen-bond acceptors (Lipinski definition) is 5. The maximum absolute atomic E-state index is 15.5. The molecule has 12 aromatic rings. The Morgan fingerprint density at radius 2 is 0.550 bits per heavy atom. The number of benzene rings is 10. The van der Waals surface area contributed by atoms with E-state index in [-0.39, 0.29) is 16.9 Å². The van der Waals surface area contributed by atoms with Gasteiger partial charge in [-0.3, -0.25) is 0 Å². The van der Waals surface area contributed by atoms with Crippen LogP contribution in [0.15, 0.2) is 200 Å². The van der Waals surface area contributed by atoms with E-state index >= 15 is 26.3 Å². The van der Waals surface area contributed by atoms with E-state index in [4.69, 9.17) is 0 Å². The molecule has 0 aliphatic carbocycles. The molecular formula is C67H33F6N7. The molecule has 2 aromatic heterocycles. The summed E-state index contributed by atoms with van der Waals surface area (Å²) in [7, 11) is 0. The lowest BCUT2D eigenvalue weighted by Crippen LogP contribution is -2.15. The molecule has 0 radical (unpaired) electrons. The van der Waals surface area contributed by atoms with Gasteiger partial charge in [0.15, 0.2) is 0 Å². The Morgan fingerprint density at radius 1 is 0.287 bits per heavy atom. The Balaban J connectivity index is 1.26. The summed E-state index contributed by atoms with van der Waals surface area (Å²) in [5.41, 5.74) is 3.97.